The molecule has 0 saturated carbocycles. The van der Waals surface area contributed by atoms with E-state index in [0.29, 0.717) is 10.6 Å². The number of aliphatic hydroxyl groups excluding tert-OH is 1. The van der Waals surface area contributed by atoms with Gasteiger partial charge in [-0.15, -0.1) is 0 Å². The molecule has 4 N–H and O–H groups in total. The van der Waals surface area contributed by atoms with E-state index in [1.807, 2.05) is 5.32 Å². The summed E-state index contributed by atoms with van der Waals surface area (Å²) in [7, 11) is 0. The van der Waals surface area contributed by atoms with Crippen LogP contribution in [0.25, 0.3) is 0 Å². The average molecular weight is 307 g/mol. The van der Waals surface area contributed by atoms with E-state index in [2.05, 4.69) is 0 Å². The minimum Gasteiger partial charge on any atom is -0.479 e. The maximum atomic E-state index is 11.5. The number of hydrogen-bond donors (Lipinski definition) is 3. The number of nitrogens with two attached hydrogens (primary N) is 1. The van der Waals surface area contributed by atoms with Crippen LogP contribution in [0, 0.1) is 0 Å². The largest absolute Gasteiger partial charge is 0.479 e. The lowest BCUT2D eigenvalue weighted by molar-refractivity contribution is -0.126. The van der Waals surface area contributed by atoms with Gasteiger partial charge < -0.3 is 15.6 Å². The number of carbonyl (C=O) groups is 2. The van der Waals surface area contributed by atoms with Crippen LogP contribution in [0.3, 0.4) is 0 Å². The monoisotopic (exact) mass is 306 g/mol. The summed E-state index contributed by atoms with van der Waals surface area (Å²) < 4.78 is 5.31. The highest BCUT2D eigenvalue weighted by Crippen LogP contribution is 2.33. The molecule has 0 aromatic heterocycles. The van der Waals surface area contributed by atoms with E-state index >= 15 is 0 Å². The second-order valence-electron chi connectivity index (χ2n) is 3.65. The van der Waals surface area contributed by atoms with Crippen LogP contribution in [-0.2, 0) is 11.4 Å². The van der Waals surface area contributed by atoms with E-state index in [0.717, 1.165) is 0 Å². The normalized spacial score (nSPS) is 11.8. The lowest BCUT2D eigenvalue weighted by Gasteiger charge is -2.17. The number of carbonyl (C=O) groups excluding carboxylic acids is 2. The highest BCUT2D eigenvalue weighted by molar-refractivity contribution is 6.35. The first kappa shape index (κ1) is 15.6. The van der Waals surface area contributed by atoms with Gasteiger partial charge in [0.1, 0.15) is 5.75 Å². The molecule has 0 saturated heterocycles. The molecule has 0 spiro atoms. The van der Waals surface area contributed by atoms with Crippen molar-refractivity contribution in [2.75, 3.05) is 0 Å². The van der Waals surface area contributed by atoms with Crippen molar-refractivity contribution in [2.45, 2.75) is 19.6 Å². The van der Waals surface area contributed by atoms with Crippen molar-refractivity contribution in [1.82, 2.24) is 5.32 Å². The first-order valence-corrected chi connectivity index (χ1v) is 5.96. The van der Waals surface area contributed by atoms with E-state index < -0.39 is 18.0 Å². The van der Waals surface area contributed by atoms with Gasteiger partial charge in [-0.3, -0.25) is 10.1 Å². The standard InChI is InChI=1S/C11H12Cl2N2O4/c1-5(10(17)15-11(14)18)19-9-6(4-16)2-7(12)3-8(9)13/h2-3,5,16H,4H2,1H3,(H3,14,15,17,18). The van der Waals surface area contributed by atoms with Gasteiger partial charge in [-0.1, -0.05) is 23.2 Å². The number of nitrogens with one attached hydrogen (secondary N) is 1. The van der Waals surface area contributed by atoms with Gasteiger partial charge in [0.15, 0.2) is 6.10 Å². The molecule has 1 atom stereocenters. The fourth-order valence-corrected chi connectivity index (χ4v) is 1.90. The van der Waals surface area contributed by atoms with Gasteiger partial charge in [0.2, 0.25) is 0 Å². The highest BCUT2D eigenvalue weighted by Gasteiger charge is 2.19. The topological polar surface area (TPSA) is 102 Å². The Morgan fingerprint density at radius 3 is 2.63 bits per heavy atom. The summed E-state index contributed by atoms with van der Waals surface area (Å²) in [6, 6.07) is 1.89. The van der Waals surface area contributed by atoms with Gasteiger partial charge in [-0.25, -0.2) is 4.79 Å². The molecule has 0 radical (unpaired) electrons. The summed E-state index contributed by atoms with van der Waals surface area (Å²) in [5.41, 5.74) is 5.15. The molecule has 0 aliphatic heterocycles. The summed E-state index contributed by atoms with van der Waals surface area (Å²) in [5.74, 6) is -0.594. The van der Waals surface area contributed by atoms with Crippen LogP contribution in [0.1, 0.15) is 12.5 Å². The molecular formula is C11H12Cl2N2O4. The summed E-state index contributed by atoms with van der Waals surface area (Å²) in [5, 5.41) is 11.5. The molecule has 0 heterocycles. The van der Waals surface area contributed by atoms with Crippen molar-refractivity contribution in [1.29, 1.82) is 0 Å². The number of hydrogen-bond acceptors (Lipinski definition) is 4. The minimum atomic E-state index is -1.02. The third-order valence-electron chi connectivity index (χ3n) is 2.17. The van der Waals surface area contributed by atoms with Crippen molar-refractivity contribution in [2.24, 2.45) is 5.73 Å². The van der Waals surface area contributed by atoms with E-state index in [9.17, 15) is 14.7 Å². The van der Waals surface area contributed by atoms with E-state index in [-0.39, 0.29) is 17.4 Å². The molecule has 1 aromatic carbocycles. The Balaban J connectivity index is 2.93. The summed E-state index contributed by atoms with van der Waals surface area (Å²) in [4.78, 5) is 22.0. The number of halogens is 2. The molecule has 0 fully saturated rings. The highest BCUT2D eigenvalue weighted by atomic mass is 35.5. The van der Waals surface area contributed by atoms with Gasteiger partial charge in [-0.05, 0) is 19.1 Å². The number of benzene rings is 1. The van der Waals surface area contributed by atoms with Crippen LogP contribution in [0.15, 0.2) is 12.1 Å². The Morgan fingerprint density at radius 1 is 1.47 bits per heavy atom. The fourth-order valence-electron chi connectivity index (χ4n) is 1.32. The fraction of sp³-hybridized carbons (Fsp3) is 0.273. The SMILES string of the molecule is CC(Oc1c(Cl)cc(Cl)cc1CO)C(=O)NC(N)=O. The number of primary amides is 1. The zero-order chi connectivity index (χ0) is 14.6. The van der Waals surface area contributed by atoms with Crippen molar-refractivity contribution in [3.8, 4) is 5.75 Å². The Bertz CT molecular complexity index is 508. The molecule has 1 aromatic rings. The third-order valence-corrected chi connectivity index (χ3v) is 2.66. The summed E-state index contributed by atoms with van der Waals surface area (Å²) in [6.45, 7) is 1.05. The van der Waals surface area contributed by atoms with Gasteiger partial charge in [-0.2, -0.15) is 0 Å². The number of urea groups is 1. The van der Waals surface area contributed by atoms with Crippen molar-refractivity contribution in [3.63, 3.8) is 0 Å². The quantitative estimate of drug-likeness (QED) is 0.783. The Hall–Kier alpha value is -1.50. The smallest absolute Gasteiger partial charge is 0.318 e. The second-order valence-corrected chi connectivity index (χ2v) is 4.49. The first-order valence-electron chi connectivity index (χ1n) is 5.21. The van der Waals surface area contributed by atoms with Gasteiger partial charge >= 0.3 is 6.03 Å². The van der Waals surface area contributed by atoms with E-state index in [4.69, 9.17) is 33.7 Å². The molecule has 0 aliphatic rings. The zero-order valence-electron chi connectivity index (χ0n) is 9.94. The Kier molecular flexibility index (Phi) is 5.41. The number of ether oxygens (including phenoxy) is 1. The van der Waals surface area contributed by atoms with E-state index in [1.54, 1.807) is 0 Å². The maximum absolute atomic E-state index is 11.5. The summed E-state index contributed by atoms with van der Waals surface area (Å²) in [6.07, 6.45) is -1.02. The number of imide groups is 1. The molecule has 19 heavy (non-hydrogen) atoms. The number of aliphatic hydroxyl groups is 1. The molecule has 8 heteroatoms. The van der Waals surface area contributed by atoms with Crippen LogP contribution in [0.2, 0.25) is 10.0 Å². The number of rotatable bonds is 4. The van der Waals surface area contributed by atoms with E-state index in [1.165, 1.54) is 19.1 Å². The maximum Gasteiger partial charge on any atom is 0.318 e. The van der Waals surface area contributed by atoms with Crippen LogP contribution in [0.4, 0.5) is 4.79 Å². The molecular weight excluding hydrogens is 295 g/mol. The van der Waals surface area contributed by atoms with Crippen LogP contribution < -0.4 is 15.8 Å². The van der Waals surface area contributed by atoms with Gasteiger partial charge in [0.05, 0.1) is 11.6 Å². The summed E-state index contributed by atoms with van der Waals surface area (Å²) >= 11 is 11.7. The molecule has 1 unspecified atom stereocenters. The average Bonchev–Trinajstić information content (AvgIpc) is 2.30. The lowest BCUT2D eigenvalue weighted by Crippen LogP contribution is -2.42. The third kappa shape index (κ3) is 4.27. The Morgan fingerprint density at radius 2 is 2.11 bits per heavy atom. The van der Waals surface area contributed by atoms with Crippen LogP contribution in [0.5, 0.6) is 5.75 Å². The van der Waals surface area contributed by atoms with Crippen LogP contribution in [-0.4, -0.2) is 23.1 Å². The molecule has 104 valence electrons. The number of amides is 3. The second kappa shape index (κ2) is 6.60. The first-order chi connectivity index (χ1) is 8.85. The molecule has 1 rings (SSSR count). The van der Waals surface area contributed by atoms with Crippen molar-refractivity contribution in [3.05, 3.63) is 27.7 Å². The predicted octanol–water partition coefficient (Wildman–Crippen LogP) is 1.45. The predicted molar refractivity (Wildman–Crippen MR) is 70.2 cm³/mol. The van der Waals surface area contributed by atoms with Crippen molar-refractivity contribution < 1.29 is 19.4 Å². The zero-order valence-corrected chi connectivity index (χ0v) is 11.5. The molecule has 0 bridgehead atoms. The lowest BCUT2D eigenvalue weighted by atomic mass is 10.2. The van der Waals surface area contributed by atoms with Gasteiger partial charge in [0.25, 0.3) is 5.91 Å². The molecule has 6 nitrogen and oxygen atoms in total. The van der Waals surface area contributed by atoms with Gasteiger partial charge in [0, 0.05) is 10.6 Å². The van der Waals surface area contributed by atoms with Crippen molar-refractivity contribution >= 4 is 35.1 Å². The molecule has 3 amide bonds. The Labute approximate surface area is 119 Å². The van der Waals surface area contributed by atoms with Crippen LogP contribution >= 0.6 is 23.2 Å². The molecule has 0 aliphatic carbocycles. The minimum absolute atomic E-state index is 0.126.